The molecule has 12 heavy (non-hydrogen) atoms. The van der Waals surface area contributed by atoms with Crippen LogP contribution in [0.3, 0.4) is 0 Å². The maximum Gasteiger partial charge on any atom is 0.219 e. The van der Waals surface area contributed by atoms with Crippen molar-refractivity contribution in [3.63, 3.8) is 0 Å². The molecule has 2 atom stereocenters. The summed E-state index contributed by atoms with van der Waals surface area (Å²) in [6.45, 7) is 4.27. The van der Waals surface area contributed by atoms with Gasteiger partial charge in [-0.2, -0.15) is 0 Å². The molecular weight excluding hydrogens is 162 g/mol. The van der Waals surface area contributed by atoms with Crippen LogP contribution in [0.15, 0.2) is 0 Å². The molecule has 0 aromatic carbocycles. The standard InChI is InChI=1S/C7H17NO4/c1-4-11-6(9)8(3)7(10)12-5-2/h6-7,9-10H,4-5H2,1-3H3. The van der Waals surface area contributed by atoms with E-state index in [1.165, 1.54) is 11.9 Å². The van der Waals surface area contributed by atoms with E-state index < -0.39 is 12.8 Å². The number of nitrogens with zero attached hydrogens (tertiary/aromatic N) is 1. The molecule has 5 nitrogen and oxygen atoms in total. The molecule has 2 unspecified atom stereocenters. The molecule has 0 aliphatic heterocycles. The van der Waals surface area contributed by atoms with Crippen LogP contribution in [0.4, 0.5) is 0 Å². The molecule has 5 heteroatoms. The van der Waals surface area contributed by atoms with Crippen LogP contribution in [0.1, 0.15) is 13.8 Å². The van der Waals surface area contributed by atoms with Gasteiger partial charge in [-0.15, -0.1) is 0 Å². The van der Waals surface area contributed by atoms with E-state index in [0.717, 1.165) is 0 Å². The van der Waals surface area contributed by atoms with Crippen LogP contribution in [0.2, 0.25) is 0 Å². The lowest BCUT2D eigenvalue weighted by molar-refractivity contribution is -0.284. The third-order valence-electron chi connectivity index (χ3n) is 1.33. The van der Waals surface area contributed by atoms with Crippen LogP contribution < -0.4 is 0 Å². The minimum absolute atomic E-state index is 0.379. The lowest BCUT2D eigenvalue weighted by Gasteiger charge is -2.26. The fourth-order valence-corrected chi connectivity index (χ4v) is 0.642. The quantitative estimate of drug-likeness (QED) is 0.540. The molecule has 0 spiro atoms. The highest BCUT2D eigenvalue weighted by atomic mass is 16.7. The van der Waals surface area contributed by atoms with E-state index in [2.05, 4.69) is 0 Å². The predicted molar refractivity (Wildman–Crippen MR) is 43.0 cm³/mol. The summed E-state index contributed by atoms with van der Waals surface area (Å²) in [5.41, 5.74) is 0. The summed E-state index contributed by atoms with van der Waals surface area (Å²) in [5.74, 6) is 0. The van der Waals surface area contributed by atoms with Crippen molar-refractivity contribution in [2.45, 2.75) is 26.7 Å². The van der Waals surface area contributed by atoms with Crippen LogP contribution in [0.5, 0.6) is 0 Å². The van der Waals surface area contributed by atoms with Crippen LogP contribution in [0, 0.1) is 0 Å². The zero-order chi connectivity index (χ0) is 9.56. The van der Waals surface area contributed by atoms with Crippen LogP contribution in [0.25, 0.3) is 0 Å². The van der Waals surface area contributed by atoms with Crippen LogP contribution in [-0.4, -0.2) is 48.2 Å². The largest absolute Gasteiger partial charge is 0.355 e. The molecule has 0 aliphatic rings. The smallest absolute Gasteiger partial charge is 0.219 e. The summed E-state index contributed by atoms with van der Waals surface area (Å²) < 4.78 is 9.63. The first-order valence-electron chi connectivity index (χ1n) is 3.94. The van der Waals surface area contributed by atoms with Crippen molar-refractivity contribution in [1.82, 2.24) is 4.90 Å². The maximum absolute atomic E-state index is 9.18. The highest BCUT2D eigenvalue weighted by Crippen LogP contribution is 2.00. The van der Waals surface area contributed by atoms with E-state index in [1.807, 2.05) is 0 Å². The Morgan fingerprint density at radius 2 is 1.42 bits per heavy atom. The first kappa shape index (κ1) is 11.8. The summed E-state index contributed by atoms with van der Waals surface area (Å²) in [5, 5.41) is 18.4. The van der Waals surface area contributed by atoms with Crippen molar-refractivity contribution in [2.24, 2.45) is 0 Å². The van der Waals surface area contributed by atoms with Gasteiger partial charge in [-0.3, -0.25) is 0 Å². The minimum atomic E-state index is -1.13. The number of hydrogen-bond donors (Lipinski definition) is 2. The normalized spacial score (nSPS) is 16.5. The Labute approximate surface area is 72.5 Å². The van der Waals surface area contributed by atoms with Crippen molar-refractivity contribution < 1.29 is 19.7 Å². The van der Waals surface area contributed by atoms with E-state index in [9.17, 15) is 10.2 Å². The van der Waals surface area contributed by atoms with Crippen molar-refractivity contribution in [3.8, 4) is 0 Å². The summed E-state index contributed by atoms with van der Waals surface area (Å²) >= 11 is 0. The van der Waals surface area contributed by atoms with Crippen molar-refractivity contribution >= 4 is 0 Å². The highest BCUT2D eigenvalue weighted by molar-refractivity contribution is 4.43. The Morgan fingerprint density at radius 3 is 1.67 bits per heavy atom. The van der Waals surface area contributed by atoms with Crippen LogP contribution >= 0.6 is 0 Å². The summed E-state index contributed by atoms with van der Waals surface area (Å²) in [4.78, 5) is 1.17. The third-order valence-corrected chi connectivity index (χ3v) is 1.33. The lowest BCUT2D eigenvalue weighted by atomic mass is 10.7. The van der Waals surface area contributed by atoms with Gasteiger partial charge < -0.3 is 19.7 Å². The molecule has 0 aromatic heterocycles. The average molecular weight is 179 g/mol. The number of hydrogen-bond acceptors (Lipinski definition) is 5. The van der Waals surface area contributed by atoms with Gasteiger partial charge in [0, 0.05) is 13.2 Å². The second-order valence-corrected chi connectivity index (χ2v) is 2.23. The van der Waals surface area contributed by atoms with E-state index in [1.54, 1.807) is 13.8 Å². The Morgan fingerprint density at radius 1 is 1.08 bits per heavy atom. The molecule has 0 rings (SSSR count). The van der Waals surface area contributed by atoms with Crippen molar-refractivity contribution in [2.75, 3.05) is 20.3 Å². The summed E-state index contributed by atoms with van der Waals surface area (Å²) in [6, 6.07) is 0. The fourth-order valence-electron chi connectivity index (χ4n) is 0.642. The fraction of sp³-hybridized carbons (Fsp3) is 1.00. The van der Waals surface area contributed by atoms with Crippen molar-refractivity contribution in [3.05, 3.63) is 0 Å². The first-order valence-corrected chi connectivity index (χ1v) is 3.94. The van der Waals surface area contributed by atoms with Gasteiger partial charge in [0.1, 0.15) is 0 Å². The number of aliphatic hydroxyl groups excluding tert-OH is 2. The molecule has 0 aromatic rings. The Bertz CT molecular complexity index is 99.6. The number of rotatable bonds is 6. The summed E-state index contributed by atoms with van der Waals surface area (Å²) in [7, 11) is 1.50. The lowest BCUT2D eigenvalue weighted by Crippen LogP contribution is -2.43. The van der Waals surface area contributed by atoms with Gasteiger partial charge in [-0.05, 0) is 20.9 Å². The Hall–Kier alpha value is -0.200. The monoisotopic (exact) mass is 179 g/mol. The highest BCUT2D eigenvalue weighted by Gasteiger charge is 2.18. The van der Waals surface area contributed by atoms with E-state index in [-0.39, 0.29) is 0 Å². The SMILES string of the molecule is CCOC(O)N(C)C(O)OCC. The molecule has 0 saturated heterocycles. The van der Waals surface area contributed by atoms with E-state index >= 15 is 0 Å². The van der Waals surface area contributed by atoms with Gasteiger partial charge in [-0.1, -0.05) is 0 Å². The maximum atomic E-state index is 9.18. The predicted octanol–water partition coefficient (Wildman–Crippen LogP) is -0.457. The topological polar surface area (TPSA) is 62.2 Å². The molecule has 0 fully saturated rings. The van der Waals surface area contributed by atoms with Gasteiger partial charge >= 0.3 is 0 Å². The molecule has 0 bridgehead atoms. The number of aliphatic hydroxyl groups is 2. The zero-order valence-electron chi connectivity index (χ0n) is 7.73. The minimum Gasteiger partial charge on any atom is -0.355 e. The molecule has 0 aliphatic carbocycles. The molecule has 0 amide bonds. The molecular formula is C7H17NO4. The Balaban J connectivity index is 3.73. The van der Waals surface area contributed by atoms with Gasteiger partial charge in [0.05, 0.1) is 0 Å². The second-order valence-electron chi connectivity index (χ2n) is 2.23. The van der Waals surface area contributed by atoms with E-state index in [4.69, 9.17) is 9.47 Å². The van der Waals surface area contributed by atoms with Gasteiger partial charge in [0.15, 0.2) is 0 Å². The Kier molecular flexibility index (Phi) is 6.23. The third kappa shape index (κ3) is 3.99. The average Bonchev–Trinajstić information content (AvgIpc) is 2.04. The van der Waals surface area contributed by atoms with Gasteiger partial charge in [-0.25, -0.2) is 4.90 Å². The molecule has 0 saturated carbocycles. The second kappa shape index (κ2) is 6.33. The summed E-state index contributed by atoms with van der Waals surface area (Å²) in [6.07, 6.45) is -2.26. The van der Waals surface area contributed by atoms with E-state index in [0.29, 0.717) is 13.2 Å². The van der Waals surface area contributed by atoms with Crippen molar-refractivity contribution in [1.29, 1.82) is 0 Å². The molecule has 2 N–H and O–H groups in total. The first-order chi connectivity index (χ1) is 5.63. The molecule has 74 valence electrons. The molecule has 0 heterocycles. The zero-order valence-corrected chi connectivity index (χ0v) is 7.73. The van der Waals surface area contributed by atoms with Crippen LogP contribution in [-0.2, 0) is 9.47 Å². The van der Waals surface area contributed by atoms with Gasteiger partial charge in [0.25, 0.3) is 0 Å². The van der Waals surface area contributed by atoms with Gasteiger partial charge in [0.2, 0.25) is 12.8 Å². The molecule has 0 radical (unpaired) electrons. The number of ether oxygens (including phenoxy) is 2.